The van der Waals surface area contributed by atoms with E-state index in [0.717, 1.165) is 5.82 Å². The monoisotopic (exact) mass is 187 g/mol. The zero-order valence-electron chi connectivity index (χ0n) is 8.33. The summed E-state index contributed by atoms with van der Waals surface area (Å²) in [6, 6.07) is 2.35. The van der Waals surface area contributed by atoms with Gasteiger partial charge in [-0.15, -0.1) is 0 Å². The smallest absolute Gasteiger partial charge is 0.396 e. The van der Waals surface area contributed by atoms with E-state index in [1.165, 1.54) is 0 Å². The standard InChI is InChI=1S/C9H12BN4/c1-8(2)13-5-6-14(10-13)9-3-4-11-7-12-9/h3-8H,1-2H3. The molecule has 0 unspecified atom stereocenters. The lowest BCUT2D eigenvalue weighted by Gasteiger charge is -2.21. The molecule has 0 saturated heterocycles. The quantitative estimate of drug-likeness (QED) is 0.646. The van der Waals surface area contributed by atoms with Gasteiger partial charge in [0.25, 0.3) is 0 Å². The summed E-state index contributed by atoms with van der Waals surface area (Å²) in [5.41, 5.74) is 0. The highest BCUT2D eigenvalue weighted by atomic mass is 15.3. The molecule has 0 N–H and O–H groups in total. The van der Waals surface area contributed by atoms with Crippen LogP contribution in [0.25, 0.3) is 0 Å². The first-order chi connectivity index (χ1) is 6.77. The molecule has 1 aliphatic rings. The summed E-state index contributed by atoms with van der Waals surface area (Å²) in [6.07, 6.45) is 7.31. The number of hydrogen-bond acceptors (Lipinski definition) is 4. The van der Waals surface area contributed by atoms with E-state index in [9.17, 15) is 0 Å². The van der Waals surface area contributed by atoms with E-state index >= 15 is 0 Å². The first-order valence-corrected chi connectivity index (χ1v) is 4.62. The van der Waals surface area contributed by atoms with E-state index in [2.05, 4.69) is 28.6 Å². The second-order valence-corrected chi connectivity index (χ2v) is 3.43. The molecule has 0 atom stereocenters. The van der Waals surface area contributed by atoms with Crippen molar-refractivity contribution < 1.29 is 0 Å². The second kappa shape index (κ2) is 3.70. The molecule has 5 heteroatoms. The number of aromatic nitrogens is 2. The van der Waals surface area contributed by atoms with Crippen molar-refractivity contribution in [1.29, 1.82) is 0 Å². The molecule has 0 spiro atoms. The maximum absolute atomic E-state index is 4.16. The van der Waals surface area contributed by atoms with Gasteiger partial charge in [0.2, 0.25) is 0 Å². The minimum absolute atomic E-state index is 0.470. The lowest BCUT2D eigenvalue weighted by Crippen LogP contribution is -2.34. The highest BCUT2D eigenvalue weighted by molar-refractivity contribution is 6.40. The second-order valence-electron chi connectivity index (χ2n) is 3.43. The largest absolute Gasteiger partial charge is 0.401 e. The molecule has 4 nitrogen and oxygen atoms in total. The van der Waals surface area contributed by atoms with Gasteiger partial charge in [-0.3, -0.25) is 0 Å². The molecule has 0 aromatic carbocycles. The van der Waals surface area contributed by atoms with Gasteiger partial charge < -0.3 is 9.62 Å². The minimum atomic E-state index is 0.470. The molecular formula is C9H12BN4. The van der Waals surface area contributed by atoms with Crippen molar-refractivity contribution in [1.82, 2.24) is 14.8 Å². The Morgan fingerprint density at radius 3 is 2.79 bits per heavy atom. The summed E-state index contributed by atoms with van der Waals surface area (Å²) >= 11 is 0. The van der Waals surface area contributed by atoms with Crippen LogP contribution in [0.5, 0.6) is 0 Å². The van der Waals surface area contributed by atoms with E-state index in [4.69, 9.17) is 0 Å². The Labute approximate surface area is 84.6 Å². The topological polar surface area (TPSA) is 32.3 Å². The fourth-order valence-corrected chi connectivity index (χ4v) is 1.25. The number of hydrogen-bond donors (Lipinski definition) is 0. The van der Waals surface area contributed by atoms with Crippen molar-refractivity contribution in [3.8, 4) is 0 Å². The van der Waals surface area contributed by atoms with Crippen molar-refractivity contribution in [2.24, 2.45) is 0 Å². The van der Waals surface area contributed by atoms with E-state index in [-0.39, 0.29) is 0 Å². The van der Waals surface area contributed by atoms with Crippen LogP contribution in [-0.4, -0.2) is 28.4 Å². The first kappa shape index (κ1) is 9.06. The molecule has 1 aliphatic heterocycles. The molecule has 1 radical (unpaired) electrons. The van der Waals surface area contributed by atoms with Gasteiger partial charge in [0.1, 0.15) is 12.1 Å². The third-order valence-corrected chi connectivity index (χ3v) is 2.08. The van der Waals surface area contributed by atoms with Gasteiger partial charge in [0.05, 0.1) is 0 Å². The molecule has 0 bridgehead atoms. The Balaban J connectivity index is 2.08. The Morgan fingerprint density at radius 2 is 2.21 bits per heavy atom. The fourth-order valence-electron chi connectivity index (χ4n) is 1.25. The Kier molecular flexibility index (Phi) is 2.39. The van der Waals surface area contributed by atoms with E-state index in [1.807, 2.05) is 30.8 Å². The maximum atomic E-state index is 4.16. The maximum Gasteiger partial charge on any atom is 0.396 e. The van der Waals surface area contributed by atoms with Crippen LogP contribution in [0.4, 0.5) is 5.82 Å². The van der Waals surface area contributed by atoms with Gasteiger partial charge in [-0.05, 0) is 19.9 Å². The number of nitrogens with zero attached hydrogens (tertiary/aromatic N) is 4. The van der Waals surface area contributed by atoms with Crippen LogP contribution in [0.3, 0.4) is 0 Å². The fraction of sp³-hybridized carbons (Fsp3) is 0.333. The lowest BCUT2D eigenvalue weighted by atomic mass is 10.1. The molecule has 1 aromatic rings. The van der Waals surface area contributed by atoms with Gasteiger partial charge in [-0.2, -0.15) is 0 Å². The van der Waals surface area contributed by atoms with E-state index in [0.29, 0.717) is 6.04 Å². The number of anilines is 1. The highest BCUT2D eigenvalue weighted by Crippen LogP contribution is 2.14. The van der Waals surface area contributed by atoms with Crippen molar-refractivity contribution in [2.45, 2.75) is 19.9 Å². The summed E-state index contributed by atoms with van der Waals surface area (Å²) in [6.45, 7) is 4.29. The van der Waals surface area contributed by atoms with Gasteiger partial charge in [0, 0.05) is 24.6 Å². The number of rotatable bonds is 2. The molecule has 0 amide bonds. The third-order valence-electron chi connectivity index (χ3n) is 2.08. The molecule has 0 fully saturated rings. The van der Waals surface area contributed by atoms with Crippen LogP contribution in [-0.2, 0) is 0 Å². The van der Waals surface area contributed by atoms with Gasteiger partial charge >= 0.3 is 7.55 Å². The lowest BCUT2D eigenvalue weighted by molar-refractivity contribution is 0.491. The van der Waals surface area contributed by atoms with Crippen molar-refractivity contribution in [3.63, 3.8) is 0 Å². The van der Waals surface area contributed by atoms with Crippen LogP contribution in [0, 0.1) is 0 Å². The predicted molar refractivity (Wildman–Crippen MR) is 56.4 cm³/mol. The summed E-state index contributed by atoms with van der Waals surface area (Å²) in [7, 11) is 2.02. The Bertz CT molecular complexity index is 325. The molecule has 71 valence electrons. The van der Waals surface area contributed by atoms with Gasteiger partial charge in [-0.1, -0.05) is 0 Å². The summed E-state index contributed by atoms with van der Waals surface area (Å²) in [5.74, 6) is 0.888. The molecular weight excluding hydrogens is 175 g/mol. The first-order valence-electron chi connectivity index (χ1n) is 4.62. The van der Waals surface area contributed by atoms with Crippen LogP contribution in [0.15, 0.2) is 31.0 Å². The molecule has 14 heavy (non-hydrogen) atoms. The SMILES string of the molecule is CC(C)N1[B]N(c2ccncn2)C=C1. The van der Waals surface area contributed by atoms with Crippen molar-refractivity contribution in [3.05, 3.63) is 31.0 Å². The molecule has 2 rings (SSSR count). The molecule has 0 aliphatic carbocycles. The summed E-state index contributed by atoms with van der Waals surface area (Å²) < 4.78 is 0. The van der Waals surface area contributed by atoms with Crippen molar-refractivity contribution >= 4 is 13.4 Å². The van der Waals surface area contributed by atoms with Crippen LogP contribution in [0.1, 0.15) is 13.8 Å². The normalized spacial score (nSPS) is 15.1. The molecule has 2 heterocycles. The average molecular weight is 187 g/mol. The zero-order chi connectivity index (χ0) is 9.97. The average Bonchev–Trinajstić information content (AvgIpc) is 2.68. The van der Waals surface area contributed by atoms with Crippen molar-refractivity contribution in [2.75, 3.05) is 4.81 Å². The Morgan fingerprint density at radius 1 is 1.36 bits per heavy atom. The van der Waals surface area contributed by atoms with Gasteiger partial charge in [0.15, 0.2) is 0 Å². The molecule has 0 saturated carbocycles. The predicted octanol–water partition coefficient (Wildman–Crippen LogP) is 1.01. The highest BCUT2D eigenvalue weighted by Gasteiger charge is 2.19. The molecule has 1 aromatic heterocycles. The van der Waals surface area contributed by atoms with Crippen LogP contribution in [0.2, 0.25) is 0 Å². The van der Waals surface area contributed by atoms with Gasteiger partial charge in [-0.25, -0.2) is 9.97 Å². The minimum Gasteiger partial charge on any atom is -0.401 e. The zero-order valence-corrected chi connectivity index (χ0v) is 8.33. The summed E-state index contributed by atoms with van der Waals surface area (Å²) in [5, 5.41) is 0. The van der Waals surface area contributed by atoms with E-state index < -0.39 is 0 Å². The van der Waals surface area contributed by atoms with Crippen LogP contribution < -0.4 is 4.81 Å². The van der Waals surface area contributed by atoms with Crippen LogP contribution >= 0.6 is 0 Å². The van der Waals surface area contributed by atoms with E-state index in [1.54, 1.807) is 12.5 Å². The summed E-state index contributed by atoms with van der Waals surface area (Å²) in [4.78, 5) is 12.1. The Hall–Kier alpha value is -1.52. The third kappa shape index (κ3) is 1.71.